The van der Waals surface area contributed by atoms with Crippen LogP contribution in [-0.2, 0) is 16.1 Å². The number of likely N-dealkylation sites (tertiary alicyclic amines) is 1. The molecule has 1 fully saturated rings. The highest BCUT2D eigenvalue weighted by Gasteiger charge is 2.40. The van der Waals surface area contributed by atoms with E-state index in [2.05, 4.69) is 4.98 Å². The Hall–Kier alpha value is -2.63. The molecule has 3 heterocycles. The second-order valence-corrected chi connectivity index (χ2v) is 5.31. The van der Waals surface area contributed by atoms with Crippen molar-refractivity contribution in [2.75, 3.05) is 0 Å². The Morgan fingerprint density at radius 1 is 1.36 bits per heavy atom. The van der Waals surface area contributed by atoms with Crippen molar-refractivity contribution in [1.29, 1.82) is 0 Å². The van der Waals surface area contributed by atoms with E-state index in [1.807, 2.05) is 0 Å². The Labute approximate surface area is 127 Å². The molecule has 22 heavy (non-hydrogen) atoms. The van der Waals surface area contributed by atoms with E-state index in [0.29, 0.717) is 12.2 Å². The molecule has 1 saturated heterocycles. The molecule has 2 unspecified atom stereocenters. The quantitative estimate of drug-likeness (QED) is 0.936. The lowest BCUT2D eigenvalue weighted by atomic mass is 9.84. The van der Waals surface area contributed by atoms with Crippen LogP contribution in [-0.4, -0.2) is 26.9 Å². The van der Waals surface area contributed by atoms with Gasteiger partial charge < -0.3 is 14.4 Å². The fourth-order valence-electron chi connectivity index (χ4n) is 2.94. The lowest BCUT2D eigenvalue weighted by Crippen LogP contribution is -2.44. The molecule has 6 nitrogen and oxygen atoms in total. The zero-order valence-corrected chi connectivity index (χ0v) is 11.9. The molecule has 0 bridgehead atoms. The second-order valence-electron chi connectivity index (χ2n) is 5.31. The van der Waals surface area contributed by atoms with Gasteiger partial charge in [-0.05, 0) is 36.2 Å². The van der Waals surface area contributed by atoms with E-state index in [1.54, 1.807) is 47.8 Å². The van der Waals surface area contributed by atoms with Gasteiger partial charge in [0.25, 0.3) is 0 Å². The molecule has 2 aromatic heterocycles. The van der Waals surface area contributed by atoms with Gasteiger partial charge in [-0.1, -0.05) is 0 Å². The monoisotopic (exact) mass is 300 g/mol. The van der Waals surface area contributed by atoms with Crippen LogP contribution in [0.5, 0.6) is 0 Å². The Bertz CT molecular complexity index is 654. The highest BCUT2D eigenvalue weighted by molar-refractivity contribution is 5.81. The van der Waals surface area contributed by atoms with Crippen molar-refractivity contribution >= 4 is 11.9 Å². The molecule has 1 aliphatic rings. The van der Waals surface area contributed by atoms with Crippen molar-refractivity contribution in [3.8, 4) is 0 Å². The summed E-state index contributed by atoms with van der Waals surface area (Å²) in [5.41, 5.74) is 0.780. The molecule has 2 atom stereocenters. The number of furan rings is 1. The maximum absolute atomic E-state index is 12.3. The van der Waals surface area contributed by atoms with Gasteiger partial charge >= 0.3 is 5.97 Å². The first-order chi connectivity index (χ1) is 10.7. The van der Waals surface area contributed by atoms with Crippen molar-refractivity contribution in [3.05, 3.63) is 54.2 Å². The fraction of sp³-hybridized carbons (Fsp3) is 0.312. The molecule has 6 heteroatoms. The standard InChI is InChI=1S/C16H16N2O4/c19-14-4-3-13(16(20)21)15(11-5-7-17-8-6-11)18(14)10-12-2-1-9-22-12/h1-2,5-9,13,15H,3-4,10H2,(H,20,21). The number of carbonyl (C=O) groups excluding carboxylic acids is 1. The maximum atomic E-state index is 12.3. The normalized spacial score (nSPS) is 21.8. The molecular weight excluding hydrogens is 284 g/mol. The molecule has 0 aliphatic carbocycles. The predicted octanol–water partition coefficient (Wildman–Crippen LogP) is 2.24. The summed E-state index contributed by atoms with van der Waals surface area (Å²) in [4.78, 5) is 29.5. The average Bonchev–Trinajstić information content (AvgIpc) is 3.03. The van der Waals surface area contributed by atoms with Crippen LogP contribution in [0.4, 0.5) is 0 Å². The SMILES string of the molecule is O=C(O)C1CCC(=O)N(Cc2ccco2)C1c1ccncc1. The summed E-state index contributed by atoms with van der Waals surface area (Å²) in [5, 5.41) is 9.52. The molecule has 2 aromatic rings. The van der Waals surface area contributed by atoms with Crippen LogP contribution >= 0.6 is 0 Å². The number of carboxylic acid groups (broad SMARTS) is 1. The minimum Gasteiger partial charge on any atom is -0.481 e. The van der Waals surface area contributed by atoms with Gasteiger partial charge in [-0.2, -0.15) is 0 Å². The highest BCUT2D eigenvalue weighted by atomic mass is 16.4. The lowest BCUT2D eigenvalue weighted by molar-refractivity contribution is -0.152. The number of amides is 1. The van der Waals surface area contributed by atoms with E-state index in [1.165, 1.54) is 0 Å². The van der Waals surface area contributed by atoms with Crippen molar-refractivity contribution < 1.29 is 19.1 Å². The van der Waals surface area contributed by atoms with Crippen LogP contribution in [0.1, 0.15) is 30.2 Å². The zero-order chi connectivity index (χ0) is 15.5. The molecular formula is C16H16N2O4. The number of carboxylic acids is 1. The largest absolute Gasteiger partial charge is 0.481 e. The van der Waals surface area contributed by atoms with Gasteiger partial charge in [-0.25, -0.2) is 0 Å². The number of nitrogens with zero attached hydrogens (tertiary/aromatic N) is 2. The first-order valence-electron chi connectivity index (χ1n) is 7.11. The highest BCUT2D eigenvalue weighted by Crippen LogP contribution is 2.37. The summed E-state index contributed by atoms with van der Waals surface area (Å²) in [7, 11) is 0. The number of hydrogen-bond donors (Lipinski definition) is 1. The molecule has 1 N–H and O–H groups in total. The smallest absolute Gasteiger partial charge is 0.308 e. The van der Waals surface area contributed by atoms with Crippen molar-refractivity contribution in [3.63, 3.8) is 0 Å². The zero-order valence-electron chi connectivity index (χ0n) is 11.9. The van der Waals surface area contributed by atoms with Crippen LogP contribution in [0.2, 0.25) is 0 Å². The van der Waals surface area contributed by atoms with Crippen molar-refractivity contribution in [1.82, 2.24) is 9.88 Å². The third-order valence-electron chi connectivity index (χ3n) is 3.98. The van der Waals surface area contributed by atoms with Crippen molar-refractivity contribution in [2.24, 2.45) is 5.92 Å². The van der Waals surface area contributed by atoms with Gasteiger partial charge in [0, 0.05) is 18.8 Å². The molecule has 0 radical (unpaired) electrons. The second kappa shape index (κ2) is 6.01. The third-order valence-corrected chi connectivity index (χ3v) is 3.98. The van der Waals surface area contributed by atoms with Crippen LogP contribution in [0.25, 0.3) is 0 Å². The maximum Gasteiger partial charge on any atom is 0.308 e. The molecule has 1 aliphatic heterocycles. The number of pyridine rings is 1. The van der Waals surface area contributed by atoms with E-state index in [9.17, 15) is 14.7 Å². The average molecular weight is 300 g/mol. The number of hydrogen-bond acceptors (Lipinski definition) is 4. The summed E-state index contributed by atoms with van der Waals surface area (Å²) < 4.78 is 5.31. The van der Waals surface area contributed by atoms with Gasteiger partial charge in [0.2, 0.25) is 5.91 Å². The first-order valence-corrected chi connectivity index (χ1v) is 7.11. The summed E-state index contributed by atoms with van der Waals surface area (Å²) in [5.74, 6) is -0.942. The van der Waals surface area contributed by atoms with Gasteiger partial charge in [0.05, 0.1) is 24.8 Å². The Morgan fingerprint density at radius 3 is 2.77 bits per heavy atom. The Kier molecular flexibility index (Phi) is 3.91. The molecule has 3 rings (SSSR count). The van der Waals surface area contributed by atoms with Crippen LogP contribution in [0, 0.1) is 5.92 Å². The lowest BCUT2D eigenvalue weighted by Gasteiger charge is -2.39. The first kappa shape index (κ1) is 14.3. The van der Waals surface area contributed by atoms with Crippen LogP contribution in [0.15, 0.2) is 47.3 Å². The van der Waals surface area contributed by atoms with E-state index < -0.39 is 17.9 Å². The minimum absolute atomic E-state index is 0.0595. The van der Waals surface area contributed by atoms with Crippen LogP contribution < -0.4 is 0 Å². The Balaban J connectivity index is 1.98. The topological polar surface area (TPSA) is 83.6 Å². The summed E-state index contributed by atoms with van der Waals surface area (Å²) in [6.07, 6.45) is 5.34. The molecule has 114 valence electrons. The number of aromatic nitrogens is 1. The van der Waals surface area contributed by atoms with E-state index in [4.69, 9.17) is 4.42 Å². The number of piperidine rings is 1. The molecule has 0 saturated carbocycles. The van der Waals surface area contributed by atoms with Crippen LogP contribution in [0.3, 0.4) is 0 Å². The van der Waals surface area contributed by atoms with E-state index >= 15 is 0 Å². The number of carbonyl (C=O) groups is 2. The number of aliphatic carboxylic acids is 1. The van der Waals surface area contributed by atoms with Gasteiger partial charge in [-0.15, -0.1) is 0 Å². The molecule has 0 spiro atoms. The fourth-order valence-corrected chi connectivity index (χ4v) is 2.94. The van der Waals surface area contributed by atoms with E-state index in [0.717, 1.165) is 5.56 Å². The molecule has 1 amide bonds. The summed E-state index contributed by atoms with van der Waals surface area (Å²) in [6, 6.07) is 6.54. The summed E-state index contributed by atoms with van der Waals surface area (Å²) in [6.45, 7) is 0.266. The minimum atomic E-state index is -0.890. The third kappa shape index (κ3) is 2.72. The summed E-state index contributed by atoms with van der Waals surface area (Å²) >= 11 is 0. The Morgan fingerprint density at radius 2 is 2.14 bits per heavy atom. The van der Waals surface area contributed by atoms with E-state index in [-0.39, 0.29) is 18.9 Å². The van der Waals surface area contributed by atoms with Crippen molar-refractivity contribution in [2.45, 2.75) is 25.4 Å². The van der Waals surface area contributed by atoms with Gasteiger partial charge in [-0.3, -0.25) is 14.6 Å². The van der Waals surface area contributed by atoms with Gasteiger partial charge in [0.1, 0.15) is 5.76 Å². The van der Waals surface area contributed by atoms with Gasteiger partial charge in [0.15, 0.2) is 0 Å². The molecule has 0 aromatic carbocycles. The number of rotatable bonds is 4. The predicted molar refractivity (Wildman–Crippen MR) is 76.6 cm³/mol.